The van der Waals surface area contributed by atoms with E-state index in [0.717, 1.165) is 17.1 Å². The van der Waals surface area contributed by atoms with Gasteiger partial charge in [-0.05, 0) is 24.6 Å². The number of hydrogen-bond acceptors (Lipinski definition) is 3. The highest BCUT2D eigenvalue weighted by Gasteiger charge is 2.17. The Balaban J connectivity index is 2.06. The predicted octanol–water partition coefficient (Wildman–Crippen LogP) is 2.16. The quantitative estimate of drug-likeness (QED) is 0.803. The molecule has 17 heavy (non-hydrogen) atoms. The van der Waals surface area contributed by atoms with Gasteiger partial charge in [0.2, 0.25) is 12.7 Å². The molecule has 0 spiro atoms. The van der Waals surface area contributed by atoms with Gasteiger partial charge in [0.05, 0.1) is 4.83 Å². The Morgan fingerprint density at radius 3 is 2.88 bits per heavy atom. The Morgan fingerprint density at radius 2 is 2.18 bits per heavy atom. The first kappa shape index (κ1) is 12.2. The number of benzene rings is 1. The Labute approximate surface area is 109 Å². The van der Waals surface area contributed by atoms with Crippen molar-refractivity contribution < 1.29 is 14.3 Å². The van der Waals surface area contributed by atoms with Gasteiger partial charge < -0.3 is 14.4 Å². The van der Waals surface area contributed by atoms with Gasteiger partial charge in [0.1, 0.15) is 0 Å². The molecular weight excluding hydrogens is 286 g/mol. The zero-order valence-corrected chi connectivity index (χ0v) is 11.4. The average Bonchev–Trinajstić information content (AvgIpc) is 2.74. The maximum atomic E-state index is 11.7. The van der Waals surface area contributed by atoms with Crippen molar-refractivity contribution >= 4 is 21.8 Å². The maximum Gasteiger partial charge on any atom is 0.236 e. The number of ether oxygens (including phenoxy) is 2. The Kier molecular flexibility index (Phi) is 3.57. The van der Waals surface area contributed by atoms with E-state index in [1.165, 1.54) is 0 Å². The fourth-order valence-corrected chi connectivity index (χ4v) is 2.04. The van der Waals surface area contributed by atoms with Crippen LogP contribution in [0.5, 0.6) is 11.5 Å². The van der Waals surface area contributed by atoms with Gasteiger partial charge >= 0.3 is 0 Å². The summed E-state index contributed by atoms with van der Waals surface area (Å²) < 4.78 is 10.5. The highest BCUT2D eigenvalue weighted by molar-refractivity contribution is 9.10. The molecule has 1 unspecified atom stereocenters. The van der Waals surface area contributed by atoms with Crippen LogP contribution in [-0.2, 0) is 11.3 Å². The van der Waals surface area contributed by atoms with Crippen LogP contribution in [0, 0.1) is 0 Å². The van der Waals surface area contributed by atoms with Crippen LogP contribution in [-0.4, -0.2) is 29.5 Å². The molecule has 0 radical (unpaired) electrons. The third kappa shape index (κ3) is 2.72. The number of alkyl halides is 1. The van der Waals surface area contributed by atoms with Crippen molar-refractivity contribution in [3.05, 3.63) is 23.8 Å². The Bertz CT molecular complexity index is 434. The van der Waals surface area contributed by atoms with Crippen LogP contribution in [0.4, 0.5) is 0 Å². The second-order valence-electron chi connectivity index (χ2n) is 4.00. The molecule has 2 rings (SSSR count). The molecule has 0 saturated carbocycles. The molecule has 0 saturated heterocycles. The molecule has 5 heteroatoms. The van der Waals surface area contributed by atoms with Crippen LogP contribution in [0.1, 0.15) is 12.5 Å². The van der Waals surface area contributed by atoms with E-state index in [1.807, 2.05) is 25.1 Å². The molecule has 1 aromatic carbocycles. The monoisotopic (exact) mass is 299 g/mol. The van der Waals surface area contributed by atoms with E-state index in [1.54, 1.807) is 11.9 Å². The normalized spacial score (nSPS) is 14.5. The second kappa shape index (κ2) is 4.96. The first-order valence-electron chi connectivity index (χ1n) is 5.35. The van der Waals surface area contributed by atoms with Crippen LogP contribution in [0.3, 0.4) is 0 Å². The summed E-state index contributed by atoms with van der Waals surface area (Å²) in [6, 6.07) is 5.72. The summed E-state index contributed by atoms with van der Waals surface area (Å²) in [6.45, 7) is 2.65. The molecule has 0 aromatic heterocycles. The summed E-state index contributed by atoms with van der Waals surface area (Å²) >= 11 is 3.27. The number of halogens is 1. The van der Waals surface area contributed by atoms with Crippen molar-refractivity contribution in [3.8, 4) is 11.5 Å². The van der Waals surface area contributed by atoms with Crippen LogP contribution in [0.2, 0.25) is 0 Å². The maximum absolute atomic E-state index is 11.7. The van der Waals surface area contributed by atoms with Gasteiger partial charge in [0, 0.05) is 13.6 Å². The third-order valence-electron chi connectivity index (χ3n) is 2.57. The number of rotatable bonds is 3. The number of carbonyl (C=O) groups is 1. The molecule has 0 fully saturated rings. The lowest BCUT2D eigenvalue weighted by Crippen LogP contribution is -2.31. The lowest BCUT2D eigenvalue weighted by molar-refractivity contribution is -0.129. The van der Waals surface area contributed by atoms with Crippen molar-refractivity contribution in [2.24, 2.45) is 0 Å². The van der Waals surface area contributed by atoms with Crippen molar-refractivity contribution in [2.45, 2.75) is 18.3 Å². The smallest absolute Gasteiger partial charge is 0.236 e. The molecule has 4 nitrogen and oxygen atoms in total. The summed E-state index contributed by atoms with van der Waals surface area (Å²) in [7, 11) is 1.78. The predicted molar refractivity (Wildman–Crippen MR) is 67.4 cm³/mol. The molecule has 1 atom stereocenters. The van der Waals surface area contributed by atoms with E-state index in [9.17, 15) is 4.79 Å². The van der Waals surface area contributed by atoms with Gasteiger partial charge in [-0.1, -0.05) is 22.0 Å². The zero-order chi connectivity index (χ0) is 12.4. The van der Waals surface area contributed by atoms with E-state index in [4.69, 9.17) is 9.47 Å². The molecule has 0 N–H and O–H groups in total. The molecule has 1 aliphatic rings. The fourth-order valence-electron chi connectivity index (χ4n) is 1.69. The summed E-state index contributed by atoms with van der Waals surface area (Å²) in [5.74, 6) is 1.56. The molecule has 92 valence electrons. The molecule has 0 aliphatic carbocycles. The third-order valence-corrected chi connectivity index (χ3v) is 2.96. The minimum atomic E-state index is -0.165. The summed E-state index contributed by atoms with van der Waals surface area (Å²) in [4.78, 5) is 13.2. The van der Waals surface area contributed by atoms with Gasteiger partial charge in [0.15, 0.2) is 11.5 Å². The minimum Gasteiger partial charge on any atom is -0.454 e. The minimum absolute atomic E-state index is 0.0580. The molecular formula is C12H14BrNO3. The van der Waals surface area contributed by atoms with Gasteiger partial charge in [-0.25, -0.2) is 0 Å². The van der Waals surface area contributed by atoms with Gasteiger partial charge in [-0.2, -0.15) is 0 Å². The van der Waals surface area contributed by atoms with Crippen molar-refractivity contribution in [1.29, 1.82) is 0 Å². The SMILES string of the molecule is CC(Br)C(=O)N(C)Cc1ccc2c(c1)OCO2. The van der Waals surface area contributed by atoms with E-state index >= 15 is 0 Å². The standard InChI is InChI=1S/C12H14BrNO3/c1-8(13)12(15)14(2)6-9-3-4-10-11(5-9)17-7-16-10/h3-5,8H,6-7H2,1-2H3. The number of hydrogen-bond donors (Lipinski definition) is 0. The van der Waals surface area contributed by atoms with Crippen LogP contribution >= 0.6 is 15.9 Å². The molecule has 0 bridgehead atoms. The number of carbonyl (C=O) groups excluding carboxylic acids is 1. The largest absolute Gasteiger partial charge is 0.454 e. The van der Waals surface area contributed by atoms with E-state index < -0.39 is 0 Å². The molecule has 1 heterocycles. The summed E-state index contributed by atoms with van der Waals surface area (Å²) in [5.41, 5.74) is 1.03. The van der Waals surface area contributed by atoms with E-state index in [2.05, 4.69) is 15.9 Å². The van der Waals surface area contributed by atoms with Crippen LogP contribution in [0.15, 0.2) is 18.2 Å². The Hall–Kier alpha value is -1.23. The summed E-state index contributed by atoms with van der Waals surface area (Å²) in [6.07, 6.45) is 0. The second-order valence-corrected chi connectivity index (χ2v) is 5.37. The van der Waals surface area contributed by atoms with Crippen molar-refractivity contribution in [1.82, 2.24) is 4.90 Å². The van der Waals surface area contributed by atoms with Gasteiger partial charge in [-0.15, -0.1) is 0 Å². The van der Waals surface area contributed by atoms with Crippen LogP contribution < -0.4 is 9.47 Å². The van der Waals surface area contributed by atoms with E-state index in [0.29, 0.717) is 6.54 Å². The van der Waals surface area contributed by atoms with Gasteiger partial charge in [0.25, 0.3) is 0 Å². The zero-order valence-electron chi connectivity index (χ0n) is 9.77. The first-order valence-corrected chi connectivity index (χ1v) is 6.27. The number of amides is 1. The van der Waals surface area contributed by atoms with Crippen molar-refractivity contribution in [3.63, 3.8) is 0 Å². The first-order chi connectivity index (χ1) is 8.08. The van der Waals surface area contributed by atoms with E-state index in [-0.39, 0.29) is 17.5 Å². The molecule has 1 aliphatic heterocycles. The highest BCUT2D eigenvalue weighted by atomic mass is 79.9. The van der Waals surface area contributed by atoms with Crippen LogP contribution in [0.25, 0.3) is 0 Å². The fraction of sp³-hybridized carbons (Fsp3) is 0.417. The van der Waals surface area contributed by atoms with Gasteiger partial charge in [-0.3, -0.25) is 4.79 Å². The lowest BCUT2D eigenvalue weighted by Gasteiger charge is -2.18. The molecule has 1 amide bonds. The average molecular weight is 300 g/mol. The molecule has 1 aromatic rings. The number of nitrogens with zero attached hydrogens (tertiary/aromatic N) is 1. The number of fused-ring (bicyclic) bond motifs is 1. The Morgan fingerprint density at radius 1 is 1.47 bits per heavy atom. The van der Waals surface area contributed by atoms with Crippen molar-refractivity contribution in [2.75, 3.05) is 13.8 Å². The topological polar surface area (TPSA) is 38.8 Å². The lowest BCUT2D eigenvalue weighted by atomic mass is 10.2. The summed E-state index contributed by atoms with van der Waals surface area (Å²) in [5, 5.41) is 0. The highest BCUT2D eigenvalue weighted by Crippen LogP contribution is 2.32.